The molecule has 4 heteroatoms. The fourth-order valence-corrected chi connectivity index (χ4v) is 2.58. The molecule has 0 atom stereocenters. The molecule has 0 saturated carbocycles. The molecule has 1 N–H and O–H groups in total. The van der Waals surface area contributed by atoms with E-state index >= 15 is 0 Å². The van der Waals surface area contributed by atoms with Crippen molar-refractivity contribution in [2.45, 2.75) is 0 Å². The topological polar surface area (TPSA) is 37.8 Å². The maximum atomic E-state index is 14.0. The predicted molar refractivity (Wildman–Crippen MR) is 94.7 cm³/mol. The molecule has 3 nitrogen and oxygen atoms in total. The highest BCUT2D eigenvalue weighted by Gasteiger charge is 2.10. The average Bonchev–Trinajstić information content (AvgIpc) is 2.64. The van der Waals surface area contributed by atoms with Crippen LogP contribution in [0.1, 0.15) is 0 Å². The molecule has 0 spiro atoms. The fraction of sp³-hybridized carbons (Fsp3) is 0. The van der Waals surface area contributed by atoms with Gasteiger partial charge in [0.15, 0.2) is 5.82 Å². The number of benzene rings is 3. The van der Waals surface area contributed by atoms with Gasteiger partial charge < -0.3 is 5.32 Å². The van der Waals surface area contributed by atoms with Crippen LogP contribution >= 0.6 is 0 Å². The number of rotatable bonds is 3. The Balaban J connectivity index is 1.88. The van der Waals surface area contributed by atoms with Crippen molar-refractivity contribution in [2.24, 2.45) is 0 Å². The lowest BCUT2D eigenvalue weighted by atomic mass is 10.2. The molecule has 0 unspecified atom stereocenters. The number of hydrogen-bond acceptors (Lipinski definition) is 3. The van der Waals surface area contributed by atoms with Crippen molar-refractivity contribution in [3.8, 4) is 11.4 Å². The third kappa shape index (κ3) is 2.70. The number of halogens is 1. The number of para-hydroxylation sites is 2. The van der Waals surface area contributed by atoms with Crippen molar-refractivity contribution in [1.29, 1.82) is 0 Å². The van der Waals surface area contributed by atoms with E-state index in [0.717, 1.165) is 16.5 Å². The maximum absolute atomic E-state index is 14.0. The summed E-state index contributed by atoms with van der Waals surface area (Å²) in [5.74, 6) is 0.874. The van der Waals surface area contributed by atoms with Gasteiger partial charge in [0.1, 0.15) is 11.6 Å². The Kier molecular flexibility index (Phi) is 3.63. The molecule has 3 aromatic carbocycles. The number of nitrogens with one attached hydrogen (secondary N) is 1. The Morgan fingerprint density at radius 2 is 1.42 bits per heavy atom. The van der Waals surface area contributed by atoms with Crippen LogP contribution in [-0.4, -0.2) is 9.97 Å². The van der Waals surface area contributed by atoms with Gasteiger partial charge in [-0.25, -0.2) is 14.4 Å². The van der Waals surface area contributed by atoms with E-state index in [4.69, 9.17) is 0 Å². The quantitative estimate of drug-likeness (QED) is 0.566. The lowest BCUT2D eigenvalue weighted by Gasteiger charge is -2.11. The molecule has 0 bridgehead atoms. The molecule has 0 aliphatic carbocycles. The number of hydrogen-bond donors (Lipinski definition) is 1. The van der Waals surface area contributed by atoms with Gasteiger partial charge in [-0.1, -0.05) is 54.6 Å². The van der Waals surface area contributed by atoms with Gasteiger partial charge in [-0.2, -0.15) is 0 Å². The van der Waals surface area contributed by atoms with Crippen LogP contribution < -0.4 is 5.32 Å². The number of anilines is 2. The van der Waals surface area contributed by atoms with Crippen LogP contribution in [0.25, 0.3) is 22.3 Å². The van der Waals surface area contributed by atoms with Gasteiger partial charge in [0.2, 0.25) is 0 Å². The minimum Gasteiger partial charge on any atom is -0.337 e. The third-order valence-corrected chi connectivity index (χ3v) is 3.76. The monoisotopic (exact) mass is 315 g/mol. The van der Waals surface area contributed by atoms with E-state index in [1.54, 1.807) is 18.2 Å². The van der Waals surface area contributed by atoms with Crippen LogP contribution in [0.3, 0.4) is 0 Å². The molecule has 0 aliphatic heterocycles. The molecule has 0 fully saturated rings. The Morgan fingerprint density at radius 3 is 2.25 bits per heavy atom. The molecule has 0 aliphatic rings. The molecule has 0 saturated heterocycles. The Hall–Kier alpha value is -3.27. The highest BCUT2D eigenvalue weighted by atomic mass is 19.1. The summed E-state index contributed by atoms with van der Waals surface area (Å²) in [6.45, 7) is 0. The van der Waals surface area contributed by atoms with Crippen molar-refractivity contribution in [1.82, 2.24) is 9.97 Å². The van der Waals surface area contributed by atoms with Crippen molar-refractivity contribution < 1.29 is 4.39 Å². The van der Waals surface area contributed by atoms with E-state index < -0.39 is 0 Å². The van der Waals surface area contributed by atoms with Crippen molar-refractivity contribution >= 4 is 22.4 Å². The van der Waals surface area contributed by atoms with Gasteiger partial charge >= 0.3 is 0 Å². The van der Waals surface area contributed by atoms with Gasteiger partial charge in [0, 0.05) is 10.9 Å². The first kappa shape index (κ1) is 14.3. The lowest BCUT2D eigenvalue weighted by molar-refractivity contribution is 0.632. The zero-order valence-electron chi connectivity index (χ0n) is 12.8. The molecule has 4 rings (SSSR count). The predicted octanol–water partition coefficient (Wildman–Crippen LogP) is 5.18. The molecule has 1 heterocycles. The normalized spacial score (nSPS) is 10.7. The van der Waals surface area contributed by atoms with Crippen LogP contribution in [0.15, 0.2) is 78.9 Å². The summed E-state index contributed by atoms with van der Waals surface area (Å²) in [5, 5.41) is 3.95. The molecule has 0 amide bonds. The minimum absolute atomic E-state index is 0.318. The molecule has 24 heavy (non-hydrogen) atoms. The van der Waals surface area contributed by atoms with Crippen LogP contribution in [0.4, 0.5) is 15.9 Å². The Morgan fingerprint density at radius 1 is 0.708 bits per heavy atom. The first-order chi connectivity index (χ1) is 11.8. The first-order valence-electron chi connectivity index (χ1n) is 7.65. The molecule has 4 aromatic rings. The summed E-state index contributed by atoms with van der Waals surface area (Å²) in [7, 11) is 0. The molecule has 116 valence electrons. The Bertz CT molecular complexity index is 1000. The minimum atomic E-state index is -0.318. The van der Waals surface area contributed by atoms with E-state index in [0.29, 0.717) is 17.3 Å². The third-order valence-electron chi connectivity index (χ3n) is 3.76. The second-order valence-electron chi connectivity index (χ2n) is 5.38. The van der Waals surface area contributed by atoms with Gasteiger partial charge in [-0.05, 0) is 24.3 Å². The van der Waals surface area contributed by atoms with Gasteiger partial charge in [0.05, 0.1) is 11.2 Å². The second-order valence-corrected chi connectivity index (χ2v) is 5.38. The lowest BCUT2D eigenvalue weighted by Crippen LogP contribution is -2.00. The van der Waals surface area contributed by atoms with Crippen LogP contribution in [0, 0.1) is 5.82 Å². The summed E-state index contributed by atoms with van der Waals surface area (Å²) in [6.07, 6.45) is 0. The molecule has 1 aromatic heterocycles. The molecular formula is C20H14FN3. The zero-order chi connectivity index (χ0) is 16.4. The van der Waals surface area contributed by atoms with E-state index in [2.05, 4.69) is 15.3 Å². The first-order valence-corrected chi connectivity index (χ1v) is 7.65. The second kappa shape index (κ2) is 6.08. The summed E-state index contributed by atoms with van der Waals surface area (Å²) in [4.78, 5) is 9.24. The van der Waals surface area contributed by atoms with E-state index in [1.807, 2.05) is 54.6 Å². The highest BCUT2D eigenvalue weighted by molar-refractivity contribution is 5.92. The maximum Gasteiger partial charge on any atom is 0.162 e. The van der Waals surface area contributed by atoms with E-state index in [9.17, 15) is 4.39 Å². The number of aromatic nitrogens is 2. The number of fused-ring (bicyclic) bond motifs is 1. The van der Waals surface area contributed by atoms with Crippen LogP contribution in [-0.2, 0) is 0 Å². The van der Waals surface area contributed by atoms with Gasteiger partial charge in [-0.15, -0.1) is 0 Å². The van der Waals surface area contributed by atoms with E-state index in [1.165, 1.54) is 6.07 Å². The standard InChI is InChI=1S/C20H14FN3/c21-16-11-5-7-13-18(16)23-20-15-10-4-6-12-17(15)22-19(24-20)14-8-2-1-3-9-14/h1-13H,(H,22,23,24). The summed E-state index contributed by atoms with van der Waals surface area (Å²) in [5.41, 5.74) is 2.12. The van der Waals surface area contributed by atoms with Gasteiger partial charge in [-0.3, -0.25) is 0 Å². The average molecular weight is 315 g/mol. The largest absolute Gasteiger partial charge is 0.337 e. The summed E-state index contributed by atoms with van der Waals surface area (Å²) >= 11 is 0. The smallest absolute Gasteiger partial charge is 0.162 e. The van der Waals surface area contributed by atoms with Gasteiger partial charge in [0.25, 0.3) is 0 Å². The van der Waals surface area contributed by atoms with E-state index in [-0.39, 0.29) is 5.82 Å². The summed E-state index contributed by atoms with van der Waals surface area (Å²) < 4.78 is 14.0. The zero-order valence-corrected chi connectivity index (χ0v) is 12.8. The summed E-state index contributed by atoms with van der Waals surface area (Å²) in [6, 6.07) is 24.0. The van der Waals surface area contributed by atoms with Crippen molar-refractivity contribution in [3.63, 3.8) is 0 Å². The molecule has 0 radical (unpaired) electrons. The Labute approximate surface area is 138 Å². The number of nitrogens with zero attached hydrogens (tertiary/aromatic N) is 2. The fourth-order valence-electron chi connectivity index (χ4n) is 2.58. The van der Waals surface area contributed by atoms with Crippen molar-refractivity contribution in [3.05, 3.63) is 84.7 Å². The molecular weight excluding hydrogens is 301 g/mol. The highest BCUT2D eigenvalue weighted by Crippen LogP contribution is 2.28. The van der Waals surface area contributed by atoms with Crippen LogP contribution in [0.2, 0.25) is 0 Å². The van der Waals surface area contributed by atoms with Crippen molar-refractivity contribution in [2.75, 3.05) is 5.32 Å². The van der Waals surface area contributed by atoms with Crippen LogP contribution in [0.5, 0.6) is 0 Å². The SMILES string of the molecule is Fc1ccccc1Nc1nc(-c2ccccc2)nc2ccccc12.